The van der Waals surface area contributed by atoms with Crippen LogP contribution in [0, 0.1) is 5.41 Å². The van der Waals surface area contributed by atoms with Crippen molar-refractivity contribution in [1.29, 1.82) is 0 Å². The van der Waals surface area contributed by atoms with E-state index < -0.39 is 18.0 Å². The number of carbonyl (C=O) groups excluding carboxylic acids is 1. The lowest BCUT2D eigenvalue weighted by molar-refractivity contribution is -0.139. The molecule has 0 radical (unpaired) electrons. The Balaban J connectivity index is 1.97. The summed E-state index contributed by atoms with van der Waals surface area (Å²) in [6, 6.07) is 4.69. The lowest BCUT2D eigenvalue weighted by atomic mass is 10.1. The van der Waals surface area contributed by atoms with E-state index in [0.717, 1.165) is 12.8 Å². The molecule has 6 nitrogen and oxygen atoms in total. The zero-order valence-corrected chi connectivity index (χ0v) is 13.0. The van der Waals surface area contributed by atoms with Crippen LogP contribution in [0.25, 0.3) is 0 Å². The summed E-state index contributed by atoms with van der Waals surface area (Å²) in [6.45, 7) is 2.42. The van der Waals surface area contributed by atoms with E-state index in [1.54, 1.807) is 6.07 Å². The highest BCUT2D eigenvalue weighted by Crippen LogP contribution is 2.47. The number of benzene rings is 1. The van der Waals surface area contributed by atoms with E-state index in [2.05, 4.69) is 5.32 Å². The average molecular weight is 328 g/mol. The fourth-order valence-corrected chi connectivity index (χ4v) is 2.22. The van der Waals surface area contributed by atoms with Crippen LogP contribution >= 0.6 is 11.6 Å². The van der Waals surface area contributed by atoms with Gasteiger partial charge in [0.25, 0.3) is 0 Å². The first-order chi connectivity index (χ1) is 10.5. The minimum absolute atomic E-state index is 0.0868. The maximum atomic E-state index is 12.3. The maximum Gasteiger partial charge on any atom is 0.341 e. The zero-order chi connectivity index (χ0) is 16.2. The topological polar surface area (TPSA) is 84.9 Å². The van der Waals surface area contributed by atoms with Gasteiger partial charge in [0.1, 0.15) is 5.75 Å². The molecule has 0 unspecified atom stereocenters. The van der Waals surface area contributed by atoms with Crippen molar-refractivity contribution in [1.82, 2.24) is 0 Å². The molecule has 1 fully saturated rings. The summed E-state index contributed by atoms with van der Waals surface area (Å²) >= 11 is 6.02. The van der Waals surface area contributed by atoms with Crippen LogP contribution in [0.4, 0.5) is 5.69 Å². The van der Waals surface area contributed by atoms with Crippen LogP contribution in [0.2, 0.25) is 5.02 Å². The molecular formula is C15H18ClNO5. The van der Waals surface area contributed by atoms with Gasteiger partial charge in [-0.3, -0.25) is 4.79 Å². The Labute approximate surface area is 133 Å². The molecule has 1 aliphatic carbocycles. The summed E-state index contributed by atoms with van der Waals surface area (Å²) < 4.78 is 10.4. The largest absolute Gasteiger partial charge is 0.480 e. The molecule has 2 N–H and O–H groups in total. The van der Waals surface area contributed by atoms with Crippen LogP contribution < -0.4 is 10.1 Å². The number of hydrogen-bond acceptors (Lipinski definition) is 4. The van der Waals surface area contributed by atoms with E-state index >= 15 is 0 Å². The number of carboxylic acids is 1. The number of carbonyl (C=O) groups is 2. The molecule has 0 saturated heterocycles. The normalized spacial score (nSPS) is 15.2. The Morgan fingerprint density at radius 1 is 1.41 bits per heavy atom. The van der Waals surface area contributed by atoms with Crippen LogP contribution in [0.5, 0.6) is 5.75 Å². The van der Waals surface area contributed by atoms with Crippen LogP contribution in [0.1, 0.15) is 19.8 Å². The number of halogens is 1. The van der Waals surface area contributed by atoms with Gasteiger partial charge < -0.3 is 19.9 Å². The Kier molecular flexibility index (Phi) is 5.26. The van der Waals surface area contributed by atoms with Crippen molar-refractivity contribution in [3.05, 3.63) is 23.2 Å². The Morgan fingerprint density at radius 3 is 2.68 bits per heavy atom. The van der Waals surface area contributed by atoms with Crippen molar-refractivity contribution in [2.45, 2.75) is 19.8 Å². The summed E-state index contributed by atoms with van der Waals surface area (Å²) in [7, 11) is 0. The number of rotatable bonds is 8. The molecule has 120 valence electrons. The molecule has 0 heterocycles. The fourth-order valence-electron chi connectivity index (χ4n) is 1.98. The fraction of sp³-hybridized carbons (Fsp3) is 0.467. The van der Waals surface area contributed by atoms with Crippen LogP contribution in [-0.2, 0) is 14.3 Å². The number of nitrogens with one attached hydrogen (secondary N) is 1. The summed E-state index contributed by atoms with van der Waals surface area (Å²) in [4.78, 5) is 22.7. The van der Waals surface area contributed by atoms with Crippen LogP contribution in [0.3, 0.4) is 0 Å². The first-order valence-electron chi connectivity index (χ1n) is 7.00. The summed E-state index contributed by atoms with van der Waals surface area (Å²) in [5.41, 5.74) is 0.112. The van der Waals surface area contributed by atoms with E-state index in [0.29, 0.717) is 18.9 Å². The maximum absolute atomic E-state index is 12.3. The number of hydrogen-bond donors (Lipinski definition) is 2. The van der Waals surface area contributed by atoms with E-state index in [4.69, 9.17) is 26.2 Å². The van der Waals surface area contributed by atoms with Gasteiger partial charge in [-0.15, -0.1) is 0 Å². The molecular weight excluding hydrogens is 310 g/mol. The number of anilines is 1. The lowest BCUT2D eigenvalue weighted by Crippen LogP contribution is -2.28. The van der Waals surface area contributed by atoms with Gasteiger partial charge in [0, 0.05) is 12.3 Å². The first kappa shape index (κ1) is 16.6. The van der Waals surface area contributed by atoms with Gasteiger partial charge in [-0.2, -0.15) is 0 Å². The van der Waals surface area contributed by atoms with E-state index in [1.807, 2.05) is 6.92 Å². The van der Waals surface area contributed by atoms with E-state index in [1.165, 1.54) is 12.1 Å². The van der Waals surface area contributed by atoms with Crippen molar-refractivity contribution in [3.8, 4) is 5.75 Å². The van der Waals surface area contributed by atoms with Crippen molar-refractivity contribution in [2.24, 2.45) is 5.41 Å². The summed E-state index contributed by atoms with van der Waals surface area (Å²) in [5.74, 6) is -0.909. The van der Waals surface area contributed by atoms with E-state index in [9.17, 15) is 9.59 Å². The van der Waals surface area contributed by atoms with Gasteiger partial charge in [0.05, 0.1) is 17.0 Å². The monoisotopic (exact) mass is 327 g/mol. The molecule has 0 aliphatic heterocycles. The number of aliphatic carboxylic acids is 1. The highest BCUT2D eigenvalue weighted by atomic mass is 35.5. The van der Waals surface area contributed by atoms with Gasteiger partial charge >= 0.3 is 5.97 Å². The SMILES string of the molecule is CCOCC1(C(=O)Nc2ccc(OCC(=O)O)c(Cl)c2)CC1. The number of carboxylic acid groups (broad SMARTS) is 1. The van der Waals surface area contributed by atoms with E-state index in [-0.39, 0.29) is 16.7 Å². The van der Waals surface area contributed by atoms with Gasteiger partial charge in [0.15, 0.2) is 6.61 Å². The number of amides is 1. The molecule has 2 rings (SSSR count). The minimum atomic E-state index is -1.08. The van der Waals surface area contributed by atoms with Crippen molar-refractivity contribution in [2.75, 3.05) is 25.1 Å². The minimum Gasteiger partial charge on any atom is -0.480 e. The molecule has 0 atom stereocenters. The summed E-state index contributed by atoms with van der Waals surface area (Å²) in [6.07, 6.45) is 1.62. The highest BCUT2D eigenvalue weighted by molar-refractivity contribution is 6.32. The molecule has 1 aromatic carbocycles. The molecule has 0 aromatic heterocycles. The first-order valence-corrected chi connectivity index (χ1v) is 7.38. The van der Waals surface area contributed by atoms with Crippen LogP contribution in [-0.4, -0.2) is 36.8 Å². The molecule has 0 spiro atoms. The molecule has 1 aliphatic rings. The smallest absolute Gasteiger partial charge is 0.341 e. The standard InChI is InChI=1S/C15H18ClNO5/c1-2-21-9-15(5-6-15)14(20)17-10-3-4-12(11(16)7-10)22-8-13(18)19/h3-4,7H,2,5-6,8-9H2,1H3,(H,17,20)(H,18,19). The molecule has 1 saturated carbocycles. The third-order valence-electron chi connectivity index (χ3n) is 3.46. The Bertz CT molecular complexity index is 571. The summed E-state index contributed by atoms with van der Waals surface area (Å²) in [5, 5.41) is 11.6. The van der Waals surface area contributed by atoms with Crippen LogP contribution in [0.15, 0.2) is 18.2 Å². The van der Waals surface area contributed by atoms with Crippen molar-refractivity contribution >= 4 is 29.2 Å². The third-order valence-corrected chi connectivity index (χ3v) is 3.75. The predicted molar refractivity (Wildman–Crippen MR) is 81.4 cm³/mol. The molecule has 1 aromatic rings. The molecule has 22 heavy (non-hydrogen) atoms. The third kappa shape index (κ3) is 4.11. The lowest BCUT2D eigenvalue weighted by Gasteiger charge is -2.15. The predicted octanol–water partition coefficient (Wildman–Crippen LogP) is 2.56. The van der Waals surface area contributed by atoms with Gasteiger partial charge in [-0.25, -0.2) is 4.79 Å². The quantitative estimate of drug-likeness (QED) is 0.766. The molecule has 0 bridgehead atoms. The Hall–Kier alpha value is -1.79. The molecule has 1 amide bonds. The number of ether oxygens (including phenoxy) is 2. The molecule has 7 heteroatoms. The average Bonchev–Trinajstić information content (AvgIpc) is 3.25. The van der Waals surface area contributed by atoms with Crippen molar-refractivity contribution < 1.29 is 24.2 Å². The second-order valence-corrected chi connectivity index (χ2v) is 5.61. The van der Waals surface area contributed by atoms with Gasteiger partial charge in [0.2, 0.25) is 5.91 Å². The zero-order valence-electron chi connectivity index (χ0n) is 12.2. The van der Waals surface area contributed by atoms with Gasteiger partial charge in [-0.05, 0) is 38.0 Å². The second-order valence-electron chi connectivity index (χ2n) is 5.20. The van der Waals surface area contributed by atoms with Crippen molar-refractivity contribution in [3.63, 3.8) is 0 Å². The van der Waals surface area contributed by atoms with Gasteiger partial charge in [-0.1, -0.05) is 11.6 Å². The highest BCUT2D eigenvalue weighted by Gasteiger charge is 2.50. The second kappa shape index (κ2) is 6.98. The Morgan fingerprint density at radius 2 is 2.14 bits per heavy atom.